The van der Waals surface area contributed by atoms with Crippen molar-refractivity contribution in [1.29, 1.82) is 0 Å². The van der Waals surface area contributed by atoms with Gasteiger partial charge in [0.25, 0.3) is 0 Å². The lowest BCUT2D eigenvalue weighted by Crippen LogP contribution is -2.19. The van der Waals surface area contributed by atoms with E-state index in [1.165, 1.54) is 6.07 Å². The quantitative estimate of drug-likeness (QED) is 0.687. The highest BCUT2D eigenvalue weighted by Crippen LogP contribution is 2.27. The van der Waals surface area contributed by atoms with Crippen LogP contribution in [0.15, 0.2) is 45.3 Å². The Hall–Kier alpha value is -0.420. The maximum Gasteiger partial charge on any atom is 0.127 e. The second-order valence-electron chi connectivity index (χ2n) is 4.48. The van der Waals surface area contributed by atoms with Gasteiger partial charge in [0.15, 0.2) is 0 Å². The molecule has 5 heteroatoms. The minimum absolute atomic E-state index is 0.000625. The third kappa shape index (κ3) is 4.04. The van der Waals surface area contributed by atoms with Gasteiger partial charge in [0.1, 0.15) is 5.82 Å². The van der Waals surface area contributed by atoms with Crippen molar-refractivity contribution in [1.82, 2.24) is 5.32 Å². The van der Waals surface area contributed by atoms with Crippen LogP contribution in [0.3, 0.4) is 0 Å². The van der Waals surface area contributed by atoms with Gasteiger partial charge in [-0.05, 0) is 54.9 Å². The Morgan fingerprint density at radius 2 is 1.90 bits per heavy atom. The number of likely N-dealkylation sites (N-methyl/N-ethyl adjacent to an activating group) is 1. The summed E-state index contributed by atoms with van der Waals surface area (Å²) in [6, 6.07) is 10.8. The van der Waals surface area contributed by atoms with Crippen molar-refractivity contribution >= 4 is 43.5 Å². The fourth-order valence-corrected chi connectivity index (χ4v) is 3.29. The maximum atomic E-state index is 13.9. The molecule has 1 nitrogen and oxygen atoms in total. The fourth-order valence-electron chi connectivity index (χ4n) is 2.07. The molecular weight excluding hydrogens is 408 g/mol. The number of hydrogen-bond acceptors (Lipinski definition) is 1. The summed E-state index contributed by atoms with van der Waals surface area (Å²) in [6.45, 7) is 0. The van der Waals surface area contributed by atoms with Crippen LogP contribution in [0.4, 0.5) is 4.39 Å². The Balaban J connectivity index is 2.28. The zero-order valence-electron chi connectivity index (χ0n) is 10.8. The van der Waals surface area contributed by atoms with Crippen LogP contribution >= 0.6 is 43.5 Å². The standard InChI is InChI=1S/C15H13Br2ClFN/c1-20-15(10-4-12(17)7-13(18)5-10)6-9-2-3-11(16)8-14(9)19/h2-5,7-8,15,20H,6H2,1H3. The van der Waals surface area contributed by atoms with Gasteiger partial charge in [-0.3, -0.25) is 0 Å². The smallest absolute Gasteiger partial charge is 0.127 e. The topological polar surface area (TPSA) is 12.0 Å². The third-order valence-corrected chi connectivity index (χ3v) is 4.24. The van der Waals surface area contributed by atoms with Gasteiger partial charge in [0, 0.05) is 20.0 Å². The molecule has 0 aliphatic carbocycles. The fraction of sp³-hybridized carbons (Fsp3) is 0.200. The van der Waals surface area contributed by atoms with Crippen LogP contribution in [0.2, 0.25) is 5.02 Å². The number of rotatable bonds is 4. The zero-order valence-corrected chi connectivity index (χ0v) is 14.7. The molecule has 1 N–H and O–H groups in total. The number of benzene rings is 2. The maximum absolute atomic E-state index is 13.9. The molecular formula is C15H13Br2ClFN. The first-order valence-corrected chi connectivity index (χ1v) is 8.03. The first-order chi connectivity index (χ1) is 9.49. The first-order valence-electron chi connectivity index (χ1n) is 6.07. The molecule has 2 aromatic rings. The van der Waals surface area contributed by atoms with E-state index in [4.69, 9.17) is 11.6 Å². The van der Waals surface area contributed by atoms with E-state index in [1.54, 1.807) is 6.07 Å². The molecule has 106 valence electrons. The largest absolute Gasteiger partial charge is 0.313 e. The molecule has 20 heavy (non-hydrogen) atoms. The summed E-state index contributed by atoms with van der Waals surface area (Å²) in [5, 5.41) is 3.86. The van der Waals surface area contributed by atoms with E-state index in [0.29, 0.717) is 17.0 Å². The van der Waals surface area contributed by atoms with Crippen molar-refractivity contribution in [2.24, 2.45) is 0 Å². The molecule has 0 amide bonds. The van der Waals surface area contributed by atoms with Gasteiger partial charge in [-0.2, -0.15) is 0 Å². The van der Waals surface area contributed by atoms with E-state index >= 15 is 0 Å². The summed E-state index contributed by atoms with van der Waals surface area (Å²) in [5.74, 6) is -0.208. The van der Waals surface area contributed by atoms with Gasteiger partial charge in [0.2, 0.25) is 0 Å². The predicted molar refractivity (Wildman–Crippen MR) is 88.8 cm³/mol. The Morgan fingerprint density at radius 3 is 2.50 bits per heavy atom. The van der Waals surface area contributed by atoms with E-state index < -0.39 is 0 Å². The lowest BCUT2D eigenvalue weighted by Gasteiger charge is -2.18. The highest BCUT2D eigenvalue weighted by molar-refractivity contribution is 9.10. The van der Waals surface area contributed by atoms with Gasteiger partial charge in [-0.25, -0.2) is 4.39 Å². The van der Waals surface area contributed by atoms with Crippen LogP contribution in [0.25, 0.3) is 0 Å². The summed E-state index contributed by atoms with van der Waals surface area (Å²) in [5.41, 5.74) is 1.69. The lowest BCUT2D eigenvalue weighted by molar-refractivity contribution is 0.554. The number of nitrogens with one attached hydrogen (secondary N) is 1. The molecule has 0 saturated heterocycles. The Labute approximate surface area is 139 Å². The van der Waals surface area contributed by atoms with Crippen LogP contribution in [-0.2, 0) is 6.42 Å². The van der Waals surface area contributed by atoms with Crippen LogP contribution in [0, 0.1) is 5.82 Å². The average Bonchev–Trinajstić information content (AvgIpc) is 2.36. The highest BCUT2D eigenvalue weighted by atomic mass is 79.9. The Kier molecular flexibility index (Phi) is 5.61. The van der Waals surface area contributed by atoms with Crippen LogP contribution < -0.4 is 5.32 Å². The number of halogens is 4. The predicted octanol–water partition coefficient (Wildman–Crippen LogP) is 5.51. The Morgan fingerprint density at radius 1 is 1.15 bits per heavy atom. The van der Waals surface area contributed by atoms with Gasteiger partial charge >= 0.3 is 0 Å². The van der Waals surface area contributed by atoms with Gasteiger partial charge in [-0.1, -0.05) is 49.5 Å². The monoisotopic (exact) mass is 419 g/mol. The summed E-state index contributed by atoms with van der Waals surface area (Å²) < 4.78 is 15.6. The summed E-state index contributed by atoms with van der Waals surface area (Å²) in [7, 11) is 1.86. The molecule has 0 spiro atoms. The second-order valence-corrected chi connectivity index (χ2v) is 6.75. The Bertz CT molecular complexity index is 599. The summed E-state index contributed by atoms with van der Waals surface area (Å²) in [4.78, 5) is 0. The molecule has 0 saturated carbocycles. The molecule has 0 aromatic heterocycles. The first kappa shape index (κ1) is 16.0. The van der Waals surface area contributed by atoms with Crippen LogP contribution in [0.1, 0.15) is 17.2 Å². The lowest BCUT2D eigenvalue weighted by atomic mass is 9.99. The normalized spacial score (nSPS) is 12.4. The minimum atomic E-state index is -0.208. The molecule has 0 aliphatic rings. The van der Waals surface area contributed by atoms with Crippen molar-refractivity contribution in [3.63, 3.8) is 0 Å². The molecule has 2 aromatic carbocycles. The van der Waals surface area contributed by atoms with E-state index in [9.17, 15) is 4.39 Å². The molecule has 0 aliphatic heterocycles. The van der Waals surface area contributed by atoms with Crippen molar-refractivity contribution in [3.8, 4) is 0 Å². The molecule has 0 fully saturated rings. The number of hydrogen-bond donors (Lipinski definition) is 1. The SMILES string of the molecule is CNC(Cc1ccc(Br)cc1F)c1cc(Cl)cc(Br)c1. The van der Waals surface area contributed by atoms with E-state index in [0.717, 1.165) is 14.5 Å². The minimum Gasteiger partial charge on any atom is -0.313 e. The van der Waals surface area contributed by atoms with E-state index in [-0.39, 0.29) is 11.9 Å². The van der Waals surface area contributed by atoms with Crippen molar-refractivity contribution < 1.29 is 4.39 Å². The molecule has 0 heterocycles. The third-order valence-electron chi connectivity index (χ3n) is 3.07. The molecule has 0 radical (unpaired) electrons. The highest BCUT2D eigenvalue weighted by Gasteiger charge is 2.14. The summed E-state index contributed by atoms with van der Waals surface area (Å²) in [6.07, 6.45) is 0.558. The molecule has 1 unspecified atom stereocenters. The van der Waals surface area contributed by atoms with Crippen molar-refractivity contribution in [2.75, 3.05) is 7.05 Å². The van der Waals surface area contributed by atoms with E-state index in [1.807, 2.05) is 31.3 Å². The van der Waals surface area contributed by atoms with Crippen molar-refractivity contribution in [3.05, 3.63) is 67.3 Å². The summed E-state index contributed by atoms with van der Waals surface area (Å²) >= 11 is 12.8. The zero-order chi connectivity index (χ0) is 14.7. The van der Waals surface area contributed by atoms with Crippen LogP contribution in [0.5, 0.6) is 0 Å². The van der Waals surface area contributed by atoms with Crippen molar-refractivity contribution in [2.45, 2.75) is 12.5 Å². The second kappa shape index (κ2) is 7.03. The molecule has 2 rings (SSSR count). The van der Waals surface area contributed by atoms with E-state index in [2.05, 4.69) is 37.2 Å². The van der Waals surface area contributed by atoms with Gasteiger partial charge in [-0.15, -0.1) is 0 Å². The van der Waals surface area contributed by atoms with Crippen LogP contribution in [-0.4, -0.2) is 7.05 Å². The average molecular weight is 422 g/mol. The van der Waals surface area contributed by atoms with Gasteiger partial charge in [0.05, 0.1) is 0 Å². The molecule has 1 atom stereocenters. The van der Waals surface area contributed by atoms with Gasteiger partial charge < -0.3 is 5.32 Å². The molecule has 0 bridgehead atoms.